The van der Waals surface area contributed by atoms with E-state index in [-0.39, 0.29) is 18.4 Å². The van der Waals surface area contributed by atoms with Crippen LogP contribution in [0.1, 0.15) is 32.0 Å². The number of nitrogens with one attached hydrogen (secondary N) is 3. The molecule has 3 aromatic carbocycles. The van der Waals surface area contributed by atoms with Crippen LogP contribution in [0.2, 0.25) is 5.02 Å². The molecule has 0 saturated carbocycles. The number of aromatic nitrogens is 1. The first kappa shape index (κ1) is 27.9. The zero-order valence-electron chi connectivity index (χ0n) is 21.4. The molecule has 200 valence electrons. The predicted molar refractivity (Wildman–Crippen MR) is 157 cm³/mol. The summed E-state index contributed by atoms with van der Waals surface area (Å²) in [5, 5.41) is 5.95. The van der Waals surface area contributed by atoms with Crippen molar-refractivity contribution in [1.29, 1.82) is 0 Å². The second-order valence-corrected chi connectivity index (χ2v) is 10.3. The first-order valence-electron chi connectivity index (χ1n) is 12.0. The van der Waals surface area contributed by atoms with Gasteiger partial charge in [0, 0.05) is 49.1 Å². The molecule has 8 nitrogen and oxygen atoms in total. The lowest BCUT2D eigenvalue weighted by molar-refractivity contribution is 0.0785. The SMILES string of the molecule is CN(Cc1cccc(NC(=O)c2cc(Br)c[nH]2)c1)C(=O)Nc1cc(C(=O)N(C)Cc2ccccc2)ccc1Cl. The largest absolute Gasteiger partial charge is 0.356 e. The standard InChI is InChI=1S/C29H27BrClN5O3/c1-35(17-19-7-4-3-5-8-19)28(38)21-11-12-24(31)25(14-21)34-29(39)36(2)18-20-9-6-10-23(13-20)33-27(37)26-15-22(30)16-32-26/h3-16,32H,17-18H2,1-2H3,(H,33,37)(H,34,39). The van der Waals surface area contributed by atoms with Gasteiger partial charge >= 0.3 is 6.03 Å². The second-order valence-electron chi connectivity index (χ2n) is 9.01. The van der Waals surface area contributed by atoms with Gasteiger partial charge in [-0.25, -0.2) is 4.79 Å². The summed E-state index contributed by atoms with van der Waals surface area (Å²) in [4.78, 5) is 44.4. The summed E-state index contributed by atoms with van der Waals surface area (Å²) in [6, 6.07) is 23.0. The lowest BCUT2D eigenvalue weighted by Crippen LogP contribution is -2.31. The lowest BCUT2D eigenvalue weighted by Gasteiger charge is -2.20. The van der Waals surface area contributed by atoms with Crippen LogP contribution in [0.4, 0.5) is 16.2 Å². The molecule has 4 aromatic rings. The third kappa shape index (κ3) is 7.49. The highest BCUT2D eigenvalue weighted by Gasteiger charge is 2.17. The first-order chi connectivity index (χ1) is 18.7. The molecule has 0 saturated heterocycles. The minimum absolute atomic E-state index is 0.190. The average Bonchev–Trinajstić information content (AvgIpc) is 3.36. The number of urea groups is 1. The highest BCUT2D eigenvalue weighted by Crippen LogP contribution is 2.25. The number of nitrogens with zero attached hydrogens (tertiary/aromatic N) is 2. The van der Waals surface area contributed by atoms with Crippen molar-refractivity contribution in [1.82, 2.24) is 14.8 Å². The fourth-order valence-corrected chi connectivity index (χ4v) is 4.41. The van der Waals surface area contributed by atoms with Crippen LogP contribution in [0, 0.1) is 0 Å². The number of amides is 4. The quantitative estimate of drug-likeness (QED) is 0.210. The fourth-order valence-electron chi connectivity index (χ4n) is 3.90. The third-order valence-corrected chi connectivity index (χ3v) is 6.70. The number of hydrogen-bond donors (Lipinski definition) is 3. The third-order valence-electron chi connectivity index (χ3n) is 5.91. The van der Waals surface area contributed by atoms with E-state index in [0.717, 1.165) is 15.6 Å². The molecule has 0 unspecified atom stereocenters. The number of benzene rings is 3. The van der Waals surface area contributed by atoms with Crippen molar-refractivity contribution in [3.63, 3.8) is 0 Å². The van der Waals surface area contributed by atoms with Gasteiger partial charge in [0.25, 0.3) is 11.8 Å². The van der Waals surface area contributed by atoms with Crippen LogP contribution in [0.5, 0.6) is 0 Å². The first-order valence-corrected chi connectivity index (χ1v) is 13.2. The van der Waals surface area contributed by atoms with Crippen LogP contribution in [0.3, 0.4) is 0 Å². The zero-order valence-corrected chi connectivity index (χ0v) is 23.7. The Morgan fingerprint density at radius 1 is 0.846 bits per heavy atom. The number of aromatic amines is 1. The van der Waals surface area contributed by atoms with Crippen molar-refractivity contribution in [2.75, 3.05) is 24.7 Å². The van der Waals surface area contributed by atoms with Gasteiger partial charge in [-0.3, -0.25) is 9.59 Å². The van der Waals surface area contributed by atoms with Gasteiger partial charge in [0.1, 0.15) is 5.69 Å². The maximum atomic E-state index is 13.0. The van der Waals surface area contributed by atoms with E-state index in [1.165, 1.54) is 4.90 Å². The van der Waals surface area contributed by atoms with E-state index in [9.17, 15) is 14.4 Å². The Morgan fingerprint density at radius 3 is 2.28 bits per heavy atom. The van der Waals surface area contributed by atoms with E-state index < -0.39 is 6.03 Å². The summed E-state index contributed by atoms with van der Waals surface area (Å²) in [5.41, 5.74) is 3.60. The molecular weight excluding hydrogens is 582 g/mol. The Bertz CT molecular complexity index is 1490. The monoisotopic (exact) mass is 607 g/mol. The van der Waals surface area contributed by atoms with E-state index in [1.54, 1.807) is 67.7 Å². The zero-order chi connectivity index (χ0) is 27.9. The van der Waals surface area contributed by atoms with Gasteiger partial charge in [-0.05, 0) is 63.5 Å². The van der Waals surface area contributed by atoms with E-state index in [0.29, 0.717) is 34.2 Å². The fraction of sp³-hybridized carbons (Fsp3) is 0.138. The Labute approximate surface area is 240 Å². The predicted octanol–water partition coefficient (Wildman–Crippen LogP) is 6.62. The number of H-pyrrole nitrogens is 1. The summed E-state index contributed by atoms with van der Waals surface area (Å²) in [5.74, 6) is -0.465. The van der Waals surface area contributed by atoms with Gasteiger partial charge in [0.05, 0.1) is 10.7 Å². The molecule has 0 aliphatic rings. The molecule has 10 heteroatoms. The number of hydrogen-bond acceptors (Lipinski definition) is 3. The Kier molecular flexibility index (Phi) is 9.06. The molecule has 4 rings (SSSR count). The number of anilines is 2. The summed E-state index contributed by atoms with van der Waals surface area (Å²) >= 11 is 9.65. The summed E-state index contributed by atoms with van der Waals surface area (Å²) in [6.45, 7) is 0.731. The number of halogens is 2. The summed E-state index contributed by atoms with van der Waals surface area (Å²) < 4.78 is 0.781. The van der Waals surface area contributed by atoms with E-state index >= 15 is 0 Å². The average molecular weight is 609 g/mol. The van der Waals surface area contributed by atoms with Crippen molar-refractivity contribution >= 4 is 56.8 Å². The topological polar surface area (TPSA) is 97.5 Å². The molecule has 0 aliphatic heterocycles. The number of carbonyl (C=O) groups is 3. The molecule has 0 fully saturated rings. The second kappa shape index (κ2) is 12.6. The lowest BCUT2D eigenvalue weighted by atomic mass is 10.1. The van der Waals surface area contributed by atoms with E-state index in [2.05, 4.69) is 31.5 Å². The Hall–Kier alpha value is -4.08. The molecule has 4 amide bonds. The molecule has 0 atom stereocenters. The smallest absolute Gasteiger partial charge is 0.321 e. The van der Waals surface area contributed by atoms with E-state index in [1.807, 2.05) is 36.4 Å². The number of rotatable bonds is 8. The molecular formula is C29H27BrClN5O3. The van der Waals surface area contributed by atoms with Crippen molar-refractivity contribution in [3.05, 3.63) is 117 Å². The molecule has 0 bridgehead atoms. The highest BCUT2D eigenvalue weighted by atomic mass is 79.9. The molecule has 0 radical (unpaired) electrons. The van der Waals surface area contributed by atoms with Crippen molar-refractivity contribution < 1.29 is 14.4 Å². The van der Waals surface area contributed by atoms with Crippen LogP contribution in [0.25, 0.3) is 0 Å². The van der Waals surface area contributed by atoms with Gasteiger partial charge in [-0.2, -0.15) is 0 Å². The molecule has 3 N–H and O–H groups in total. The van der Waals surface area contributed by atoms with Crippen LogP contribution < -0.4 is 10.6 Å². The van der Waals surface area contributed by atoms with Crippen molar-refractivity contribution in [2.45, 2.75) is 13.1 Å². The minimum Gasteiger partial charge on any atom is -0.356 e. The van der Waals surface area contributed by atoms with Crippen LogP contribution in [-0.2, 0) is 13.1 Å². The van der Waals surface area contributed by atoms with Crippen LogP contribution in [0.15, 0.2) is 89.5 Å². The Balaban J connectivity index is 1.38. The molecule has 39 heavy (non-hydrogen) atoms. The summed E-state index contributed by atoms with van der Waals surface area (Å²) in [6.07, 6.45) is 1.68. The Morgan fingerprint density at radius 2 is 1.56 bits per heavy atom. The molecule has 0 spiro atoms. The van der Waals surface area contributed by atoms with Gasteiger partial charge < -0.3 is 25.4 Å². The maximum Gasteiger partial charge on any atom is 0.321 e. The van der Waals surface area contributed by atoms with Crippen molar-refractivity contribution in [3.8, 4) is 0 Å². The molecule has 1 aromatic heterocycles. The van der Waals surface area contributed by atoms with Gasteiger partial charge in [0.2, 0.25) is 0 Å². The highest BCUT2D eigenvalue weighted by molar-refractivity contribution is 9.10. The van der Waals surface area contributed by atoms with Gasteiger partial charge in [0.15, 0.2) is 0 Å². The maximum absolute atomic E-state index is 13.0. The summed E-state index contributed by atoms with van der Waals surface area (Å²) in [7, 11) is 3.37. The molecule has 0 aliphatic carbocycles. The minimum atomic E-state index is -0.398. The molecule has 1 heterocycles. The van der Waals surface area contributed by atoms with Crippen molar-refractivity contribution in [2.24, 2.45) is 0 Å². The van der Waals surface area contributed by atoms with Gasteiger partial charge in [-0.15, -0.1) is 0 Å². The van der Waals surface area contributed by atoms with E-state index in [4.69, 9.17) is 11.6 Å². The van der Waals surface area contributed by atoms with Crippen LogP contribution >= 0.6 is 27.5 Å². The number of carbonyl (C=O) groups excluding carboxylic acids is 3. The van der Waals surface area contributed by atoms with Crippen LogP contribution in [-0.4, -0.2) is 46.7 Å². The van der Waals surface area contributed by atoms with Gasteiger partial charge in [-0.1, -0.05) is 54.1 Å². The normalized spacial score (nSPS) is 10.6.